The zero-order valence-corrected chi connectivity index (χ0v) is 36.2. The molecule has 12 heteroatoms. The second-order valence-electron chi connectivity index (χ2n) is 16.0. The lowest BCUT2D eigenvalue weighted by atomic mass is 9.82. The van der Waals surface area contributed by atoms with E-state index in [9.17, 15) is 9.90 Å². The molecule has 8 rings (SSSR count). The van der Waals surface area contributed by atoms with Gasteiger partial charge in [-0.2, -0.15) is 0 Å². The second-order valence-corrected chi connectivity index (χ2v) is 21.6. The monoisotopic (exact) mass is 869 g/mol. The summed E-state index contributed by atoms with van der Waals surface area (Å²) in [4.78, 5) is 31.0. The smallest absolute Gasteiger partial charge is 0.264 e. The Morgan fingerprint density at radius 3 is 2.29 bits per heavy atom. The van der Waals surface area contributed by atoms with Crippen molar-refractivity contribution in [2.75, 3.05) is 23.5 Å². The molecule has 0 saturated carbocycles. The predicted molar refractivity (Wildman–Crippen MR) is 236 cm³/mol. The van der Waals surface area contributed by atoms with E-state index in [4.69, 9.17) is 9.47 Å². The molecule has 2 aliphatic heterocycles. The van der Waals surface area contributed by atoms with E-state index in [1.807, 2.05) is 125 Å². The van der Waals surface area contributed by atoms with Crippen molar-refractivity contribution in [3.8, 4) is 5.75 Å². The highest BCUT2D eigenvalue weighted by Gasteiger charge is 2.66. The van der Waals surface area contributed by atoms with Crippen molar-refractivity contribution in [2.24, 2.45) is 5.92 Å². The number of anilines is 3. The van der Waals surface area contributed by atoms with Gasteiger partial charge in [-0.1, -0.05) is 119 Å². The van der Waals surface area contributed by atoms with E-state index in [0.717, 1.165) is 50.4 Å². The highest BCUT2D eigenvalue weighted by molar-refractivity contribution is 9.10. The number of aryl methyl sites for hydroxylation is 1. The zero-order valence-electron chi connectivity index (χ0n) is 33.6. The summed E-state index contributed by atoms with van der Waals surface area (Å²) in [6, 6.07) is 41.5. The van der Waals surface area contributed by atoms with Crippen LogP contribution in [0.1, 0.15) is 41.6 Å². The van der Waals surface area contributed by atoms with E-state index in [0.29, 0.717) is 25.2 Å². The molecule has 5 atom stereocenters. The summed E-state index contributed by atoms with van der Waals surface area (Å²) in [6.45, 7) is 7.73. The number of carbonyl (C=O) groups excluding carboxylic acids is 2. The standard InChI is InChI=1S/C47H48BrN5O5Si/c1-32-45(59(3,4)39-22-20-38(57-2)21-23-39)44(25-26-51-29-42(49-50-51)40(30-54)34-11-7-5-8-12-34)58-47(32)41-27-35(48)17-24-43(41)52(46(47)56)28-33-15-18-37(19-16-33)53(31-55)36-13-9-6-10-14-36/h5-24,27,29,31-32,40,44-45,54H,25-26,28,30H2,1-4H3/t32-,40?,44+,45-,47+/m1/s1. The summed E-state index contributed by atoms with van der Waals surface area (Å²) in [7, 11) is -0.711. The average Bonchev–Trinajstić information content (AvgIpc) is 3.92. The molecule has 302 valence electrons. The van der Waals surface area contributed by atoms with Crippen molar-refractivity contribution in [2.45, 2.75) is 62.7 Å². The Hall–Kier alpha value is -5.40. The lowest BCUT2D eigenvalue weighted by molar-refractivity contribution is -0.146. The van der Waals surface area contributed by atoms with E-state index in [2.05, 4.69) is 64.5 Å². The lowest BCUT2D eigenvalue weighted by Gasteiger charge is -2.37. The molecule has 1 N–H and O–H groups in total. The Bertz CT molecular complexity index is 2410. The van der Waals surface area contributed by atoms with E-state index >= 15 is 4.79 Å². The molecule has 0 aliphatic carbocycles. The van der Waals surface area contributed by atoms with Crippen molar-refractivity contribution >= 4 is 58.6 Å². The van der Waals surface area contributed by atoms with Crippen LogP contribution in [-0.4, -0.2) is 60.3 Å². The average molecular weight is 871 g/mol. The van der Waals surface area contributed by atoms with Gasteiger partial charge in [0.15, 0.2) is 5.60 Å². The van der Waals surface area contributed by atoms with Crippen LogP contribution in [0, 0.1) is 5.92 Å². The molecular weight excluding hydrogens is 823 g/mol. The van der Waals surface area contributed by atoms with Crippen LogP contribution in [-0.2, 0) is 33.0 Å². The topological polar surface area (TPSA) is 110 Å². The Morgan fingerprint density at radius 2 is 1.63 bits per heavy atom. The van der Waals surface area contributed by atoms with Crippen LogP contribution < -0.4 is 19.7 Å². The number of benzene rings is 5. The third-order valence-electron chi connectivity index (χ3n) is 12.4. The summed E-state index contributed by atoms with van der Waals surface area (Å²) in [5.74, 6) is 0.253. The number of para-hydroxylation sites is 1. The van der Waals surface area contributed by atoms with Crippen molar-refractivity contribution < 1.29 is 24.2 Å². The number of ether oxygens (including phenoxy) is 2. The zero-order chi connectivity index (χ0) is 41.3. The third-order valence-corrected chi connectivity index (χ3v) is 17.3. The number of carbonyl (C=O) groups is 2. The largest absolute Gasteiger partial charge is 0.497 e. The minimum atomic E-state index is -2.39. The van der Waals surface area contributed by atoms with E-state index < -0.39 is 13.7 Å². The highest BCUT2D eigenvalue weighted by atomic mass is 79.9. The number of methoxy groups -OCH3 is 1. The van der Waals surface area contributed by atoms with Crippen LogP contribution in [0.15, 0.2) is 138 Å². The van der Waals surface area contributed by atoms with Crippen LogP contribution in [0.5, 0.6) is 5.75 Å². The summed E-state index contributed by atoms with van der Waals surface area (Å²) < 4.78 is 15.6. The normalized spacial score (nSPS) is 20.5. The first kappa shape index (κ1) is 40.4. The van der Waals surface area contributed by atoms with E-state index in [-0.39, 0.29) is 36.0 Å². The van der Waals surface area contributed by atoms with Crippen LogP contribution in [0.25, 0.3) is 0 Å². The Kier molecular flexibility index (Phi) is 11.4. The molecule has 1 spiro atoms. The SMILES string of the molecule is COc1ccc([Si](C)(C)[C@H]2[C@H](CCn3cc(C(CO)c4ccccc4)nn3)O[C@@]3(C(=O)N(Cc4ccc(N(C=O)c5ccccc5)cc4)c4ccc(Br)cc43)[C@@H]2C)cc1. The molecule has 0 radical (unpaired) electrons. The molecule has 3 heterocycles. The van der Waals surface area contributed by atoms with Crippen molar-refractivity contribution in [3.05, 3.63) is 160 Å². The number of amides is 2. The molecule has 2 aliphatic rings. The van der Waals surface area contributed by atoms with E-state index in [1.165, 1.54) is 5.19 Å². The van der Waals surface area contributed by atoms with Gasteiger partial charge in [0.05, 0.1) is 51.7 Å². The third kappa shape index (κ3) is 7.43. The highest BCUT2D eigenvalue weighted by Crippen LogP contribution is 2.60. The van der Waals surface area contributed by atoms with Gasteiger partial charge in [0.25, 0.3) is 5.91 Å². The van der Waals surface area contributed by atoms with Crippen LogP contribution in [0.3, 0.4) is 0 Å². The van der Waals surface area contributed by atoms with Crippen LogP contribution in [0.4, 0.5) is 17.1 Å². The van der Waals surface area contributed by atoms with Gasteiger partial charge in [0, 0.05) is 40.1 Å². The molecule has 1 unspecified atom stereocenters. The lowest BCUT2D eigenvalue weighted by Crippen LogP contribution is -2.51. The number of fused-ring (bicyclic) bond motifs is 2. The number of nitrogens with zero attached hydrogens (tertiary/aromatic N) is 5. The maximum Gasteiger partial charge on any atom is 0.264 e. The molecular formula is C47H48BrN5O5Si. The minimum Gasteiger partial charge on any atom is -0.497 e. The van der Waals surface area contributed by atoms with Crippen molar-refractivity contribution in [1.29, 1.82) is 0 Å². The fourth-order valence-corrected chi connectivity index (χ4v) is 13.8. The molecule has 59 heavy (non-hydrogen) atoms. The van der Waals surface area contributed by atoms with Gasteiger partial charge >= 0.3 is 0 Å². The maximum atomic E-state index is 15.4. The molecule has 2 amide bonds. The molecule has 6 aromatic rings. The maximum absolute atomic E-state index is 15.4. The number of hydrogen-bond acceptors (Lipinski definition) is 7. The van der Waals surface area contributed by atoms with E-state index in [1.54, 1.807) is 12.0 Å². The summed E-state index contributed by atoms with van der Waals surface area (Å²) in [6.07, 6.45) is 3.05. The summed E-state index contributed by atoms with van der Waals surface area (Å²) in [5, 5.41) is 20.6. The van der Waals surface area contributed by atoms with Gasteiger partial charge < -0.3 is 19.5 Å². The fourth-order valence-electron chi connectivity index (χ4n) is 9.41. The Morgan fingerprint density at radius 1 is 0.949 bits per heavy atom. The second kappa shape index (κ2) is 16.7. The number of rotatable bonds is 14. The number of aromatic nitrogens is 3. The first-order chi connectivity index (χ1) is 28.6. The summed E-state index contributed by atoms with van der Waals surface area (Å²) in [5.41, 5.74) is 4.61. The molecule has 1 saturated heterocycles. The van der Waals surface area contributed by atoms with Gasteiger partial charge in [-0.3, -0.25) is 19.2 Å². The van der Waals surface area contributed by atoms with Crippen LogP contribution >= 0.6 is 15.9 Å². The Balaban J connectivity index is 1.12. The molecule has 1 aromatic heterocycles. The van der Waals surface area contributed by atoms with Gasteiger partial charge in [0.2, 0.25) is 6.41 Å². The number of aliphatic hydroxyl groups excluding tert-OH is 1. The fraction of sp³-hybridized carbons (Fsp3) is 0.277. The Labute approximate surface area is 354 Å². The van der Waals surface area contributed by atoms with Gasteiger partial charge in [0.1, 0.15) is 5.75 Å². The molecule has 10 nitrogen and oxygen atoms in total. The van der Waals surface area contributed by atoms with Crippen molar-refractivity contribution in [3.63, 3.8) is 0 Å². The number of halogens is 1. The number of hydrogen-bond donors (Lipinski definition) is 1. The van der Waals surface area contributed by atoms with Crippen LogP contribution in [0.2, 0.25) is 18.6 Å². The van der Waals surface area contributed by atoms with Crippen molar-refractivity contribution in [1.82, 2.24) is 15.0 Å². The van der Waals surface area contributed by atoms with Gasteiger partial charge in [-0.15, -0.1) is 5.10 Å². The predicted octanol–water partition coefficient (Wildman–Crippen LogP) is 8.32. The number of aliphatic hydroxyl groups is 1. The quantitative estimate of drug-likeness (QED) is 0.0867. The van der Waals surface area contributed by atoms with Gasteiger partial charge in [-0.05, 0) is 77.7 Å². The minimum absolute atomic E-state index is 0.0377. The first-order valence-electron chi connectivity index (χ1n) is 20.0. The van der Waals surface area contributed by atoms with Gasteiger partial charge in [-0.25, -0.2) is 0 Å². The molecule has 5 aromatic carbocycles. The molecule has 1 fully saturated rings. The summed E-state index contributed by atoms with van der Waals surface area (Å²) >= 11 is 3.73. The first-order valence-corrected chi connectivity index (χ1v) is 23.8. The molecule has 0 bridgehead atoms.